The van der Waals surface area contributed by atoms with Gasteiger partial charge in [0.2, 0.25) is 0 Å². The van der Waals surface area contributed by atoms with Crippen molar-refractivity contribution in [2.24, 2.45) is 0 Å². The summed E-state index contributed by atoms with van der Waals surface area (Å²) in [4.78, 5) is 22.1. The van der Waals surface area contributed by atoms with Crippen LogP contribution >= 0.6 is 0 Å². The monoisotopic (exact) mass is 389 g/mol. The van der Waals surface area contributed by atoms with Crippen LogP contribution < -0.4 is 16.2 Å². The van der Waals surface area contributed by atoms with E-state index in [4.69, 9.17) is 0 Å². The molecule has 0 saturated heterocycles. The van der Waals surface area contributed by atoms with Crippen LogP contribution in [0.15, 0.2) is 48.2 Å². The van der Waals surface area contributed by atoms with E-state index in [1.807, 2.05) is 36.6 Å². The van der Waals surface area contributed by atoms with Crippen molar-refractivity contribution in [3.05, 3.63) is 70.5 Å². The smallest absolute Gasteiger partial charge is 0.259 e. The second-order valence-electron chi connectivity index (χ2n) is 7.78. The maximum absolute atomic E-state index is 13.5. The number of aryl methyl sites for hydroxylation is 1. The minimum atomic E-state index is -0.0848. The van der Waals surface area contributed by atoms with Crippen LogP contribution in [0.25, 0.3) is 10.8 Å². The Morgan fingerprint density at radius 2 is 2.00 bits per heavy atom. The summed E-state index contributed by atoms with van der Waals surface area (Å²) in [5, 5.41) is 8.34. The van der Waals surface area contributed by atoms with Crippen molar-refractivity contribution in [2.45, 2.75) is 52.1 Å². The maximum Gasteiger partial charge on any atom is 0.259 e. The fraction of sp³-hybridized carbons (Fsp3) is 0.348. The molecule has 4 rings (SSSR count). The number of fused-ring (bicyclic) bond motifs is 1. The zero-order valence-electron chi connectivity index (χ0n) is 17.2. The molecule has 6 heteroatoms. The molecule has 1 fully saturated rings. The van der Waals surface area contributed by atoms with E-state index >= 15 is 0 Å². The van der Waals surface area contributed by atoms with Gasteiger partial charge >= 0.3 is 0 Å². The number of hydrogen-bond acceptors (Lipinski definition) is 5. The highest BCUT2D eigenvalue weighted by Crippen LogP contribution is 2.35. The van der Waals surface area contributed by atoms with Gasteiger partial charge in [0.05, 0.1) is 11.4 Å². The third-order valence-corrected chi connectivity index (χ3v) is 5.88. The highest BCUT2D eigenvalue weighted by Gasteiger charge is 2.26. The lowest BCUT2D eigenvalue weighted by Crippen LogP contribution is -2.33. The van der Waals surface area contributed by atoms with Crippen molar-refractivity contribution < 1.29 is 0 Å². The summed E-state index contributed by atoms with van der Waals surface area (Å²) in [6.45, 7) is 9.75. The molecule has 150 valence electrons. The number of hydrogen-bond donors (Lipinski definition) is 2. The van der Waals surface area contributed by atoms with Gasteiger partial charge in [0.25, 0.3) is 5.56 Å². The number of aromatic nitrogens is 3. The Morgan fingerprint density at radius 1 is 1.24 bits per heavy atom. The van der Waals surface area contributed by atoms with Gasteiger partial charge in [-0.05, 0) is 63.2 Å². The van der Waals surface area contributed by atoms with Crippen molar-refractivity contribution in [1.82, 2.24) is 14.5 Å². The summed E-state index contributed by atoms with van der Waals surface area (Å²) in [6.07, 6.45) is 6.40. The van der Waals surface area contributed by atoms with E-state index < -0.39 is 0 Å². The molecule has 1 aromatic carbocycles. The maximum atomic E-state index is 13.5. The number of nitrogens with zero attached hydrogens (tertiary/aromatic N) is 3. The van der Waals surface area contributed by atoms with Crippen LogP contribution in [-0.4, -0.2) is 14.5 Å². The van der Waals surface area contributed by atoms with Crippen molar-refractivity contribution in [3.8, 4) is 0 Å². The standard InChI is InChI=1S/C23H27N5O/c1-5-24-21-15(3)22(26-13-25-21)27-16(4)19-12-17-9-6-8-14(2)20(17)23(29)28(19)18-10-7-11-18/h5-6,8-9,12-13,16,18H,1,7,10-11H2,2-4H3,(H2,24,25,26,27)/t16-/m0/s1. The van der Waals surface area contributed by atoms with Gasteiger partial charge in [-0.2, -0.15) is 0 Å². The van der Waals surface area contributed by atoms with Gasteiger partial charge in [0, 0.05) is 17.3 Å². The van der Waals surface area contributed by atoms with Crippen molar-refractivity contribution in [1.29, 1.82) is 0 Å². The first-order chi connectivity index (χ1) is 14.0. The van der Waals surface area contributed by atoms with Crippen LogP contribution in [0.1, 0.15) is 55.1 Å². The van der Waals surface area contributed by atoms with Crippen LogP contribution in [0.4, 0.5) is 11.6 Å². The van der Waals surface area contributed by atoms with Crippen molar-refractivity contribution >= 4 is 22.4 Å². The van der Waals surface area contributed by atoms with Crippen LogP contribution in [0.5, 0.6) is 0 Å². The van der Waals surface area contributed by atoms with E-state index in [2.05, 4.69) is 40.2 Å². The largest absolute Gasteiger partial charge is 0.362 e. The van der Waals surface area contributed by atoms with E-state index in [0.29, 0.717) is 0 Å². The number of nitrogens with one attached hydrogen (secondary N) is 2. The summed E-state index contributed by atoms with van der Waals surface area (Å²) in [5.41, 5.74) is 3.05. The molecular weight excluding hydrogens is 362 g/mol. The predicted molar refractivity (Wildman–Crippen MR) is 118 cm³/mol. The van der Waals surface area contributed by atoms with Crippen LogP contribution in [0.3, 0.4) is 0 Å². The molecule has 29 heavy (non-hydrogen) atoms. The highest BCUT2D eigenvalue weighted by atomic mass is 16.1. The van der Waals surface area contributed by atoms with Gasteiger partial charge < -0.3 is 15.2 Å². The van der Waals surface area contributed by atoms with Crippen LogP contribution in [-0.2, 0) is 0 Å². The highest BCUT2D eigenvalue weighted by molar-refractivity contribution is 5.85. The molecular formula is C23H27N5O. The SMILES string of the molecule is C=CNc1ncnc(N[C@@H](C)c2cc3cccc(C)c3c(=O)n2C2CCC2)c1C. The summed E-state index contributed by atoms with van der Waals surface area (Å²) in [5.74, 6) is 1.46. The molecule has 1 aliphatic carbocycles. The van der Waals surface area contributed by atoms with Gasteiger partial charge in [-0.25, -0.2) is 9.97 Å². The normalized spacial score (nSPS) is 15.0. The molecule has 2 N–H and O–H groups in total. The van der Waals surface area contributed by atoms with Gasteiger partial charge in [0.1, 0.15) is 18.0 Å². The average Bonchev–Trinajstić information content (AvgIpc) is 2.65. The Morgan fingerprint density at radius 3 is 2.69 bits per heavy atom. The molecule has 0 aliphatic heterocycles. The number of anilines is 2. The van der Waals surface area contributed by atoms with Gasteiger partial charge in [-0.3, -0.25) is 4.79 Å². The number of benzene rings is 1. The molecule has 6 nitrogen and oxygen atoms in total. The van der Waals surface area contributed by atoms with Gasteiger partial charge in [-0.15, -0.1) is 0 Å². The molecule has 0 radical (unpaired) electrons. The summed E-state index contributed by atoms with van der Waals surface area (Å²) < 4.78 is 2.01. The Hall–Kier alpha value is -3.15. The molecule has 2 aromatic heterocycles. The molecule has 3 aromatic rings. The van der Waals surface area contributed by atoms with E-state index in [-0.39, 0.29) is 17.6 Å². The second-order valence-corrected chi connectivity index (χ2v) is 7.78. The summed E-state index contributed by atoms with van der Waals surface area (Å²) in [6, 6.07) is 8.38. The third kappa shape index (κ3) is 3.39. The molecule has 0 amide bonds. The van der Waals surface area contributed by atoms with E-state index in [9.17, 15) is 4.79 Å². The van der Waals surface area contributed by atoms with Crippen molar-refractivity contribution in [2.75, 3.05) is 10.6 Å². The molecule has 0 unspecified atom stereocenters. The van der Waals surface area contributed by atoms with Gasteiger partial charge in [0.15, 0.2) is 0 Å². The average molecular weight is 390 g/mol. The first kappa shape index (κ1) is 19.2. The lowest BCUT2D eigenvalue weighted by molar-refractivity contribution is 0.298. The lowest BCUT2D eigenvalue weighted by Gasteiger charge is -2.32. The Labute approximate surface area is 170 Å². The fourth-order valence-electron chi connectivity index (χ4n) is 4.04. The Bertz CT molecular complexity index is 1130. The van der Waals surface area contributed by atoms with E-state index in [1.165, 1.54) is 12.7 Å². The molecule has 1 saturated carbocycles. The first-order valence-corrected chi connectivity index (χ1v) is 10.1. The predicted octanol–water partition coefficient (Wildman–Crippen LogP) is 4.86. The summed E-state index contributed by atoms with van der Waals surface area (Å²) >= 11 is 0. The molecule has 2 heterocycles. The molecule has 1 atom stereocenters. The minimum absolute atomic E-state index is 0.0848. The summed E-state index contributed by atoms with van der Waals surface area (Å²) in [7, 11) is 0. The fourth-order valence-corrected chi connectivity index (χ4v) is 4.04. The zero-order valence-corrected chi connectivity index (χ0v) is 17.2. The Kier molecular flexibility index (Phi) is 5.09. The van der Waals surface area contributed by atoms with E-state index in [1.54, 1.807) is 6.20 Å². The van der Waals surface area contributed by atoms with Crippen LogP contribution in [0, 0.1) is 13.8 Å². The lowest BCUT2D eigenvalue weighted by atomic mass is 9.91. The topological polar surface area (TPSA) is 71.8 Å². The quantitative estimate of drug-likeness (QED) is 0.630. The minimum Gasteiger partial charge on any atom is -0.362 e. The van der Waals surface area contributed by atoms with Crippen molar-refractivity contribution in [3.63, 3.8) is 0 Å². The number of rotatable bonds is 6. The van der Waals surface area contributed by atoms with Crippen LogP contribution in [0.2, 0.25) is 0 Å². The van der Waals surface area contributed by atoms with E-state index in [0.717, 1.165) is 52.1 Å². The Balaban J connectivity index is 1.80. The van der Waals surface area contributed by atoms with Gasteiger partial charge in [-0.1, -0.05) is 24.8 Å². The molecule has 0 spiro atoms. The molecule has 0 bridgehead atoms. The molecule has 1 aliphatic rings. The third-order valence-electron chi connectivity index (χ3n) is 5.88. The number of pyridine rings is 1. The first-order valence-electron chi connectivity index (χ1n) is 10.1. The zero-order chi connectivity index (χ0) is 20.5. The second kappa shape index (κ2) is 7.70.